The number of aromatic nitrogens is 1. The summed E-state index contributed by atoms with van der Waals surface area (Å²) in [5.74, 6) is 0.436. The van der Waals surface area contributed by atoms with Gasteiger partial charge in [-0.15, -0.1) is 11.3 Å². The van der Waals surface area contributed by atoms with E-state index in [1.54, 1.807) is 24.3 Å². The molecule has 1 heterocycles. The van der Waals surface area contributed by atoms with Crippen LogP contribution in [0.25, 0.3) is 22.9 Å². The van der Waals surface area contributed by atoms with Gasteiger partial charge in [0.2, 0.25) is 0 Å². The third-order valence-electron chi connectivity index (χ3n) is 4.44. The molecule has 3 rings (SSSR count). The highest BCUT2D eigenvalue weighted by Gasteiger charge is 2.10. The number of nitriles is 1. The van der Waals surface area contributed by atoms with Crippen LogP contribution in [0.15, 0.2) is 47.8 Å². The van der Waals surface area contributed by atoms with Crippen LogP contribution >= 0.6 is 11.3 Å². The van der Waals surface area contributed by atoms with Crippen molar-refractivity contribution in [3.8, 4) is 28.8 Å². The minimum Gasteiger partial charge on any atom is -0.504 e. The van der Waals surface area contributed by atoms with Gasteiger partial charge in [0.25, 0.3) is 0 Å². The van der Waals surface area contributed by atoms with Crippen molar-refractivity contribution in [2.24, 2.45) is 0 Å². The molecule has 1 N–H and O–H groups in total. The smallest absolute Gasteiger partial charge is 0.161 e. The van der Waals surface area contributed by atoms with Gasteiger partial charge in [-0.3, -0.25) is 0 Å². The van der Waals surface area contributed by atoms with Crippen LogP contribution in [-0.2, 0) is 6.42 Å². The average Bonchev–Trinajstić information content (AvgIpc) is 3.22. The number of phenols is 1. The van der Waals surface area contributed by atoms with E-state index in [9.17, 15) is 10.4 Å². The van der Waals surface area contributed by atoms with Crippen LogP contribution in [0.3, 0.4) is 0 Å². The highest BCUT2D eigenvalue weighted by Crippen LogP contribution is 2.30. The van der Waals surface area contributed by atoms with Crippen LogP contribution in [0.2, 0.25) is 0 Å². The molecule has 0 aliphatic carbocycles. The highest BCUT2D eigenvalue weighted by atomic mass is 32.1. The molecule has 1 aromatic heterocycles. The Morgan fingerprint density at radius 2 is 2.04 bits per heavy atom. The van der Waals surface area contributed by atoms with Crippen molar-refractivity contribution in [3.05, 3.63) is 64.0 Å². The lowest BCUT2D eigenvalue weighted by atomic mass is 10.1. The molecule has 0 fully saturated rings. The van der Waals surface area contributed by atoms with E-state index >= 15 is 0 Å². The number of aromatic hydroxyl groups is 1. The summed E-state index contributed by atoms with van der Waals surface area (Å²) in [4.78, 5) is 4.65. The van der Waals surface area contributed by atoms with Crippen molar-refractivity contribution >= 4 is 23.0 Å². The largest absolute Gasteiger partial charge is 0.504 e. The van der Waals surface area contributed by atoms with E-state index in [2.05, 4.69) is 42.2 Å². The minimum atomic E-state index is 0.0667. The van der Waals surface area contributed by atoms with Crippen LogP contribution in [0, 0.1) is 11.3 Å². The molecule has 0 spiro atoms. The second-order valence-corrected chi connectivity index (χ2v) is 7.30. The molecule has 4 nitrogen and oxygen atoms in total. The molecule has 0 bridgehead atoms. The summed E-state index contributed by atoms with van der Waals surface area (Å²) in [5.41, 5.74) is 4.49. The van der Waals surface area contributed by atoms with Gasteiger partial charge in [-0.25, -0.2) is 4.98 Å². The van der Waals surface area contributed by atoms with Gasteiger partial charge in [0.1, 0.15) is 11.1 Å². The number of rotatable bonds is 7. The third-order valence-corrected chi connectivity index (χ3v) is 5.31. The zero-order valence-electron chi connectivity index (χ0n) is 16.0. The first-order valence-electron chi connectivity index (χ1n) is 9.18. The quantitative estimate of drug-likeness (QED) is 0.508. The van der Waals surface area contributed by atoms with Crippen molar-refractivity contribution in [2.75, 3.05) is 7.11 Å². The second-order valence-electron chi connectivity index (χ2n) is 6.44. The van der Waals surface area contributed by atoms with Gasteiger partial charge in [-0.2, -0.15) is 5.26 Å². The number of benzene rings is 2. The SMILES string of the molecule is CCCCc1ccc(-c2csc(/C(C#N)=C\c3ccc(O)c(OC)c3)n2)cc1. The summed E-state index contributed by atoms with van der Waals surface area (Å²) in [6.07, 6.45) is 5.22. The predicted octanol–water partition coefficient (Wildman–Crippen LogP) is 5.93. The Hall–Kier alpha value is -3.10. The molecule has 0 unspecified atom stereocenters. The highest BCUT2D eigenvalue weighted by molar-refractivity contribution is 7.11. The molecule has 28 heavy (non-hydrogen) atoms. The maximum absolute atomic E-state index is 9.72. The number of ether oxygens (including phenoxy) is 1. The number of aryl methyl sites for hydroxylation is 1. The molecule has 2 aromatic carbocycles. The fraction of sp³-hybridized carbons (Fsp3) is 0.217. The maximum Gasteiger partial charge on any atom is 0.161 e. The number of hydrogen-bond acceptors (Lipinski definition) is 5. The van der Waals surface area contributed by atoms with E-state index in [1.807, 2.05) is 5.38 Å². The summed E-state index contributed by atoms with van der Waals surface area (Å²) >= 11 is 1.44. The normalized spacial score (nSPS) is 11.2. The van der Waals surface area contributed by atoms with E-state index in [0.717, 1.165) is 23.2 Å². The molecule has 5 heteroatoms. The van der Waals surface area contributed by atoms with Crippen LogP contribution in [0.1, 0.15) is 35.9 Å². The van der Waals surface area contributed by atoms with Gasteiger partial charge < -0.3 is 9.84 Å². The van der Waals surface area contributed by atoms with Gasteiger partial charge in [0.15, 0.2) is 11.5 Å². The Labute approximate surface area is 169 Å². The van der Waals surface area contributed by atoms with E-state index in [-0.39, 0.29) is 5.75 Å². The van der Waals surface area contributed by atoms with E-state index < -0.39 is 0 Å². The van der Waals surface area contributed by atoms with E-state index in [0.29, 0.717) is 16.3 Å². The molecule has 3 aromatic rings. The second kappa shape index (κ2) is 9.20. The average molecular weight is 391 g/mol. The Kier molecular flexibility index (Phi) is 6.46. The molecule has 0 amide bonds. The summed E-state index contributed by atoms with van der Waals surface area (Å²) in [6.45, 7) is 2.19. The van der Waals surface area contributed by atoms with Crippen LogP contribution in [0.5, 0.6) is 11.5 Å². The summed E-state index contributed by atoms with van der Waals surface area (Å²) in [7, 11) is 1.49. The topological polar surface area (TPSA) is 66.1 Å². The first-order chi connectivity index (χ1) is 13.6. The number of hydrogen-bond donors (Lipinski definition) is 1. The lowest BCUT2D eigenvalue weighted by Crippen LogP contribution is -1.87. The van der Waals surface area contributed by atoms with Crippen molar-refractivity contribution in [3.63, 3.8) is 0 Å². The van der Waals surface area contributed by atoms with Crippen molar-refractivity contribution in [2.45, 2.75) is 26.2 Å². The van der Waals surface area contributed by atoms with Gasteiger partial charge in [0.05, 0.1) is 18.4 Å². The fourth-order valence-corrected chi connectivity index (χ4v) is 3.64. The first kappa shape index (κ1) is 19.7. The standard InChI is InChI=1S/C23H22N2O2S/c1-3-4-5-16-6-9-18(10-7-16)20-15-28-23(25-20)19(14-24)12-17-8-11-21(26)22(13-17)27-2/h6-13,15,26H,3-5H2,1-2H3/b19-12-. The Morgan fingerprint density at radius 1 is 1.25 bits per heavy atom. The molecule has 0 aliphatic rings. The zero-order valence-corrected chi connectivity index (χ0v) is 16.8. The molecular formula is C23H22N2O2S. The molecule has 142 valence electrons. The molecule has 0 atom stereocenters. The van der Waals surface area contributed by atoms with Gasteiger partial charge >= 0.3 is 0 Å². The summed E-state index contributed by atoms with van der Waals surface area (Å²) < 4.78 is 5.13. The Balaban J connectivity index is 1.84. The monoisotopic (exact) mass is 390 g/mol. The lowest BCUT2D eigenvalue weighted by molar-refractivity contribution is 0.373. The molecule has 0 saturated carbocycles. The lowest BCUT2D eigenvalue weighted by Gasteiger charge is -2.04. The number of nitrogens with zero attached hydrogens (tertiary/aromatic N) is 2. The van der Waals surface area contributed by atoms with E-state index in [4.69, 9.17) is 4.74 Å². The summed E-state index contributed by atoms with van der Waals surface area (Å²) in [5, 5.41) is 21.9. The zero-order chi connectivity index (χ0) is 19.9. The van der Waals surface area contributed by atoms with Gasteiger partial charge in [-0.1, -0.05) is 43.7 Å². The molecular weight excluding hydrogens is 368 g/mol. The fourth-order valence-electron chi connectivity index (χ4n) is 2.85. The van der Waals surface area contributed by atoms with Gasteiger partial charge in [-0.05, 0) is 42.2 Å². The van der Waals surface area contributed by atoms with Crippen molar-refractivity contribution in [1.82, 2.24) is 4.98 Å². The van der Waals surface area contributed by atoms with Gasteiger partial charge in [0, 0.05) is 10.9 Å². The number of unbranched alkanes of at least 4 members (excludes halogenated alkanes) is 1. The molecule has 0 radical (unpaired) electrons. The number of phenolic OH excluding ortho intramolecular Hbond substituents is 1. The number of methoxy groups -OCH3 is 1. The van der Waals surface area contributed by atoms with Crippen molar-refractivity contribution < 1.29 is 9.84 Å². The number of thiazole rings is 1. The van der Waals surface area contributed by atoms with Crippen LogP contribution in [0.4, 0.5) is 0 Å². The van der Waals surface area contributed by atoms with Crippen LogP contribution in [-0.4, -0.2) is 17.2 Å². The molecule has 0 aliphatic heterocycles. The predicted molar refractivity (Wildman–Crippen MR) is 114 cm³/mol. The summed E-state index contributed by atoms with van der Waals surface area (Å²) in [6, 6.07) is 15.7. The maximum atomic E-state index is 9.72. The third kappa shape index (κ3) is 4.59. The van der Waals surface area contributed by atoms with E-state index in [1.165, 1.54) is 36.9 Å². The Bertz CT molecular complexity index is 1010. The number of allylic oxidation sites excluding steroid dienone is 1. The minimum absolute atomic E-state index is 0.0667. The van der Waals surface area contributed by atoms with Crippen LogP contribution < -0.4 is 4.74 Å². The Morgan fingerprint density at radius 3 is 2.71 bits per heavy atom. The first-order valence-corrected chi connectivity index (χ1v) is 10.1. The molecule has 0 saturated heterocycles. The van der Waals surface area contributed by atoms with Crippen molar-refractivity contribution in [1.29, 1.82) is 5.26 Å².